The molecule has 0 saturated carbocycles. The first-order valence-electron chi connectivity index (χ1n) is 4.79. The highest BCUT2D eigenvalue weighted by Crippen LogP contribution is 2.16. The molecule has 0 atom stereocenters. The van der Waals surface area contributed by atoms with Gasteiger partial charge in [-0.1, -0.05) is 6.07 Å². The maximum absolute atomic E-state index is 12.7. The molecule has 0 saturated heterocycles. The molecule has 1 N–H and O–H groups in total. The minimum absolute atomic E-state index is 0.156. The molecule has 0 fully saturated rings. The molecule has 1 heterocycles. The number of H-pyrrole nitrogens is 1. The monoisotopic (exact) mass is 235 g/mol. The summed E-state index contributed by atoms with van der Waals surface area (Å²) < 4.78 is 12.7. The number of aromatic amines is 1. The number of rotatable bonds is 2. The van der Waals surface area contributed by atoms with Gasteiger partial charge in [-0.2, -0.15) is 12.6 Å². The summed E-state index contributed by atoms with van der Waals surface area (Å²) in [6.45, 7) is 0. The van der Waals surface area contributed by atoms with Gasteiger partial charge < -0.3 is 4.98 Å². The number of aromatic nitrogens is 1. The topological polar surface area (TPSA) is 32.9 Å². The number of hydrogen-bond donors (Lipinski definition) is 2. The first-order chi connectivity index (χ1) is 7.70. The first kappa shape index (κ1) is 11.0. The van der Waals surface area contributed by atoms with E-state index < -0.39 is 0 Å². The van der Waals surface area contributed by atoms with Crippen LogP contribution >= 0.6 is 12.6 Å². The van der Waals surface area contributed by atoms with Gasteiger partial charge in [0.15, 0.2) is 0 Å². The molecule has 16 heavy (non-hydrogen) atoms. The molecule has 0 aliphatic carbocycles. The van der Waals surface area contributed by atoms with Crippen molar-refractivity contribution in [2.75, 3.05) is 0 Å². The number of pyridine rings is 1. The van der Waals surface area contributed by atoms with Gasteiger partial charge >= 0.3 is 0 Å². The standard InChI is InChI=1S/C12H10FNOS/c13-10-4-1-8(2-5-10)11-6-3-9(7-16)12(15)14-11/h1-6,16H,7H2,(H,14,15). The summed E-state index contributed by atoms with van der Waals surface area (Å²) >= 11 is 4.05. The van der Waals surface area contributed by atoms with Crippen molar-refractivity contribution in [2.24, 2.45) is 0 Å². The van der Waals surface area contributed by atoms with Gasteiger partial charge in [-0.15, -0.1) is 0 Å². The Morgan fingerprint density at radius 3 is 2.38 bits per heavy atom. The number of nitrogens with one attached hydrogen (secondary N) is 1. The fraction of sp³-hybridized carbons (Fsp3) is 0.0833. The Balaban J connectivity index is 2.45. The maximum atomic E-state index is 12.7. The third-order valence-electron chi connectivity index (χ3n) is 2.32. The lowest BCUT2D eigenvalue weighted by Crippen LogP contribution is -2.11. The molecule has 0 radical (unpaired) electrons. The Morgan fingerprint density at radius 1 is 1.12 bits per heavy atom. The molecule has 0 amide bonds. The van der Waals surface area contributed by atoms with Crippen molar-refractivity contribution in [3.63, 3.8) is 0 Å². The van der Waals surface area contributed by atoms with E-state index in [1.54, 1.807) is 24.3 Å². The summed E-state index contributed by atoms with van der Waals surface area (Å²) in [5.74, 6) is 0.108. The highest BCUT2D eigenvalue weighted by Gasteiger charge is 2.01. The van der Waals surface area contributed by atoms with Gasteiger partial charge in [0.1, 0.15) is 5.82 Å². The van der Waals surface area contributed by atoms with Gasteiger partial charge in [0.2, 0.25) is 0 Å². The molecule has 0 unspecified atom stereocenters. The Hall–Kier alpha value is -1.55. The Morgan fingerprint density at radius 2 is 1.81 bits per heavy atom. The second-order valence-electron chi connectivity index (χ2n) is 3.39. The van der Waals surface area contributed by atoms with Gasteiger partial charge in [-0.25, -0.2) is 4.39 Å². The molecule has 1 aromatic carbocycles. The van der Waals surface area contributed by atoms with Crippen LogP contribution in [0.5, 0.6) is 0 Å². The van der Waals surface area contributed by atoms with Gasteiger partial charge in [0.25, 0.3) is 5.56 Å². The van der Waals surface area contributed by atoms with Crippen LogP contribution in [-0.2, 0) is 5.75 Å². The van der Waals surface area contributed by atoms with E-state index >= 15 is 0 Å². The molecule has 0 aliphatic heterocycles. The average molecular weight is 235 g/mol. The van der Waals surface area contributed by atoms with Crippen LogP contribution in [-0.4, -0.2) is 4.98 Å². The summed E-state index contributed by atoms with van der Waals surface area (Å²) in [4.78, 5) is 14.3. The lowest BCUT2D eigenvalue weighted by Gasteiger charge is -2.02. The fourth-order valence-electron chi connectivity index (χ4n) is 1.43. The van der Waals surface area contributed by atoms with Crippen LogP contribution < -0.4 is 5.56 Å². The minimum Gasteiger partial charge on any atom is -0.322 e. The van der Waals surface area contributed by atoms with Crippen LogP contribution in [0, 0.1) is 5.82 Å². The molecule has 1 aromatic heterocycles. The molecule has 0 aliphatic rings. The van der Waals surface area contributed by atoms with Crippen molar-refractivity contribution in [3.8, 4) is 11.3 Å². The maximum Gasteiger partial charge on any atom is 0.252 e. The summed E-state index contributed by atoms with van der Waals surface area (Å²) in [5.41, 5.74) is 1.92. The van der Waals surface area contributed by atoms with Crippen LogP contribution in [0.15, 0.2) is 41.2 Å². The lowest BCUT2D eigenvalue weighted by molar-refractivity contribution is 0.628. The molecule has 4 heteroatoms. The van der Waals surface area contributed by atoms with Crippen LogP contribution in [0.4, 0.5) is 4.39 Å². The SMILES string of the molecule is O=c1[nH]c(-c2ccc(F)cc2)ccc1CS. The van der Waals surface area contributed by atoms with E-state index in [2.05, 4.69) is 17.6 Å². The van der Waals surface area contributed by atoms with Gasteiger partial charge in [0.05, 0.1) is 0 Å². The van der Waals surface area contributed by atoms with Crippen LogP contribution in [0.2, 0.25) is 0 Å². The highest BCUT2D eigenvalue weighted by atomic mass is 32.1. The van der Waals surface area contributed by atoms with E-state index in [0.717, 1.165) is 5.56 Å². The van der Waals surface area contributed by atoms with Crippen molar-refractivity contribution in [2.45, 2.75) is 5.75 Å². The predicted octanol–water partition coefficient (Wildman–Crippen LogP) is 2.61. The normalized spacial score (nSPS) is 10.4. The van der Waals surface area contributed by atoms with Crippen molar-refractivity contribution >= 4 is 12.6 Å². The van der Waals surface area contributed by atoms with Crippen molar-refractivity contribution in [3.05, 3.63) is 58.1 Å². The molecule has 2 aromatic rings. The summed E-state index contributed by atoms with van der Waals surface area (Å²) in [6, 6.07) is 9.49. The van der Waals surface area contributed by atoms with Gasteiger partial charge in [0, 0.05) is 17.0 Å². The van der Waals surface area contributed by atoms with E-state index in [1.807, 2.05) is 0 Å². The van der Waals surface area contributed by atoms with E-state index in [9.17, 15) is 9.18 Å². The largest absolute Gasteiger partial charge is 0.322 e. The van der Waals surface area contributed by atoms with Gasteiger partial charge in [-0.3, -0.25) is 4.79 Å². The molecular weight excluding hydrogens is 225 g/mol. The molecular formula is C12H10FNOS. The molecule has 82 valence electrons. The minimum atomic E-state index is -0.293. The van der Waals surface area contributed by atoms with Crippen LogP contribution in [0.1, 0.15) is 5.56 Å². The summed E-state index contributed by atoms with van der Waals surface area (Å²) in [5, 5.41) is 0. The van der Waals surface area contributed by atoms with Crippen LogP contribution in [0.25, 0.3) is 11.3 Å². The third kappa shape index (κ3) is 2.17. The molecule has 0 spiro atoms. The Kier molecular flexibility index (Phi) is 3.10. The summed E-state index contributed by atoms with van der Waals surface area (Å²) in [6.07, 6.45) is 0. The summed E-state index contributed by atoms with van der Waals surface area (Å²) in [7, 11) is 0. The lowest BCUT2D eigenvalue weighted by atomic mass is 10.1. The average Bonchev–Trinajstić information content (AvgIpc) is 2.30. The van der Waals surface area contributed by atoms with E-state index in [-0.39, 0.29) is 11.4 Å². The Bertz CT molecular complexity index is 548. The zero-order valence-corrected chi connectivity index (χ0v) is 9.30. The van der Waals surface area contributed by atoms with E-state index in [1.165, 1.54) is 12.1 Å². The molecule has 2 nitrogen and oxygen atoms in total. The van der Waals surface area contributed by atoms with E-state index in [4.69, 9.17) is 0 Å². The zero-order valence-electron chi connectivity index (χ0n) is 8.40. The number of benzene rings is 1. The smallest absolute Gasteiger partial charge is 0.252 e. The van der Waals surface area contributed by atoms with Crippen molar-refractivity contribution in [1.29, 1.82) is 0 Å². The van der Waals surface area contributed by atoms with Gasteiger partial charge in [-0.05, 0) is 35.9 Å². The molecule has 2 rings (SSSR count). The van der Waals surface area contributed by atoms with Crippen LogP contribution in [0.3, 0.4) is 0 Å². The second kappa shape index (κ2) is 4.53. The quantitative estimate of drug-likeness (QED) is 0.771. The first-order valence-corrected chi connectivity index (χ1v) is 5.43. The number of thiol groups is 1. The third-order valence-corrected chi connectivity index (χ3v) is 2.66. The number of hydrogen-bond acceptors (Lipinski definition) is 2. The number of halogens is 1. The highest BCUT2D eigenvalue weighted by molar-refractivity contribution is 7.79. The predicted molar refractivity (Wildman–Crippen MR) is 65.1 cm³/mol. The zero-order chi connectivity index (χ0) is 11.5. The van der Waals surface area contributed by atoms with E-state index in [0.29, 0.717) is 17.0 Å². The van der Waals surface area contributed by atoms with Crippen molar-refractivity contribution < 1.29 is 4.39 Å². The second-order valence-corrected chi connectivity index (χ2v) is 3.71. The van der Waals surface area contributed by atoms with Crippen molar-refractivity contribution in [1.82, 2.24) is 4.98 Å². The Labute approximate surface area is 97.6 Å². The fourth-order valence-corrected chi connectivity index (χ4v) is 1.68. The molecule has 0 bridgehead atoms.